The Bertz CT molecular complexity index is 102. The summed E-state index contributed by atoms with van der Waals surface area (Å²) < 4.78 is 5.08. The summed E-state index contributed by atoms with van der Waals surface area (Å²) in [6.07, 6.45) is 1.09. The molecule has 0 amide bonds. The fraction of sp³-hybridized carbons (Fsp3) is 1.00. The molecule has 0 atom stereocenters. The number of hydrogen-bond acceptors (Lipinski definition) is 2. The molecule has 3 heteroatoms. The summed E-state index contributed by atoms with van der Waals surface area (Å²) in [4.78, 5) is 0. The Balaban J connectivity index is 2.01. The molecule has 0 spiro atoms. The maximum Gasteiger partial charge on any atom is 0.102 e. The topological polar surface area (TPSA) is 32.3 Å². The first-order valence-electron chi connectivity index (χ1n) is 3.92. The van der Waals surface area contributed by atoms with Crippen molar-refractivity contribution in [3.05, 3.63) is 5.21 Å². The van der Waals surface area contributed by atoms with Gasteiger partial charge in [0.2, 0.25) is 0 Å². The van der Waals surface area contributed by atoms with Crippen LogP contribution in [-0.4, -0.2) is 37.5 Å². The first-order valence-corrected chi connectivity index (χ1v) is 3.92. The van der Waals surface area contributed by atoms with E-state index in [1.807, 2.05) is 6.92 Å². The van der Waals surface area contributed by atoms with Crippen LogP contribution in [0.2, 0.25) is 0 Å². The van der Waals surface area contributed by atoms with Crippen molar-refractivity contribution in [1.82, 2.24) is 0 Å². The third-order valence-corrected chi connectivity index (χ3v) is 1.98. The largest absolute Gasteiger partial charge is 0.633 e. The van der Waals surface area contributed by atoms with Gasteiger partial charge in [-0.05, 0) is 6.92 Å². The maximum atomic E-state index is 11.3. The zero-order chi connectivity index (χ0) is 7.45. The number of likely N-dealkylation sites (tertiary alicyclic amines) is 1. The van der Waals surface area contributed by atoms with Crippen LogP contribution >= 0.6 is 0 Å². The summed E-state index contributed by atoms with van der Waals surface area (Å²) >= 11 is 0. The van der Waals surface area contributed by atoms with E-state index in [1.54, 1.807) is 0 Å². The highest BCUT2D eigenvalue weighted by Gasteiger charge is 2.25. The van der Waals surface area contributed by atoms with E-state index in [4.69, 9.17) is 4.74 Å². The third kappa shape index (κ3) is 1.94. The van der Waals surface area contributed by atoms with Crippen molar-refractivity contribution in [3.63, 3.8) is 0 Å². The lowest BCUT2D eigenvalue weighted by Gasteiger charge is -2.49. The smallest absolute Gasteiger partial charge is 0.102 e. The van der Waals surface area contributed by atoms with Gasteiger partial charge in [-0.3, -0.25) is 0 Å². The van der Waals surface area contributed by atoms with Crippen molar-refractivity contribution < 1.29 is 9.38 Å². The zero-order valence-electron chi connectivity index (χ0n) is 6.51. The SMILES string of the molecule is CCOCC[N+]1([O-])CCC1. The fourth-order valence-electron chi connectivity index (χ4n) is 1.11. The minimum atomic E-state index is -0.0139. The molecular formula is C7H15NO2. The summed E-state index contributed by atoms with van der Waals surface area (Å²) in [5.41, 5.74) is 0. The van der Waals surface area contributed by atoms with Crippen molar-refractivity contribution in [2.75, 3.05) is 32.8 Å². The Morgan fingerprint density at radius 2 is 2.20 bits per heavy atom. The molecule has 0 aromatic rings. The zero-order valence-corrected chi connectivity index (χ0v) is 6.51. The van der Waals surface area contributed by atoms with E-state index in [0.717, 1.165) is 26.1 Å². The van der Waals surface area contributed by atoms with Gasteiger partial charge in [0.1, 0.15) is 6.54 Å². The molecule has 10 heavy (non-hydrogen) atoms. The van der Waals surface area contributed by atoms with Crippen molar-refractivity contribution in [2.24, 2.45) is 0 Å². The Kier molecular flexibility index (Phi) is 2.65. The van der Waals surface area contributed by atoms with Crippen LogP contribution in [0.25, 0.3) is 0 Å². The number of hydrogen-bond donors (Lipinski definition) is 0. The highest BCUT2D eigenvalue weighted by atomic mass is 16.6. The number of quaternary nitrogens is 1. The van der Waals surface area contributed by atoms with Crippen LogP contribution < -0.4 is 0 Å². The van der Waals surface area contributed by atoms with Gasteiger partial charge in [0.05, 0.1) is 19.7 Å². The molecule has 1 heterocycles. The average molecular weight is 145 g/mol. The monoisotopic (exact) mass is 145 g/mol. The molecule has 60 valence electrons. The van der Waals surface area contributed by atoms with E-state index in [0.29, 0.717) is 13.2 Å². The standard InChI is InChI=1S/C7H15NO2/c1-2-10-7-6-8(9)4-3-5-8/h2-7H2,1H3. The Morgan fingerprint density at radius 1 is 1.50 bits per heavy atom. The first-order chi connectivity index (χ1) is 4.77. The molecule has 1 aliphatic heterocycles. The Labute approximate surface area is 61.8 Å². The minimum absolute atomic E-state index is 0.0139. The molecule has 3 nitrogen and oxygen atoms in total. The third-order valence-electron chi connectivity index (χ3n) is 1.98. The van der Waals surface area contributed by atoms with E-state index in [9.17, 15) is 5.21 Å². The van der Waals surface area contributed by atoms with E-state index in [2.05, 4.69) is 0 Å². The summed E-state index contributed by atoms with van der Waals surface area (Å²) in [5, 5.41) is 11.3. The van der Waals surface area contributed by atoms with Crippen LogP contribution in [-0.2, 0) is 4.74 Å². The van der Waals surface area contributed by atoms with Crippen molar-refractivity contribution in [3.8, 4) is 0 Å². The molecule has 1 saturated heterocycles. The molecule has 0 aromatic heterocycles. The molecule has 0 unspecified atom stereocenters. The number of ether oxygens (including phenoxy) is 1. The summed E-state index contributed by atoms with van der Waals surface area (Å²) in [5.74, 6) is 0. The lowest BCUT2D eigenvalue weighted by Crippen LogP contribution is -2.54. The first kappa shape index (κ1) is 7.98. The van der Waals surface area contributed by atoms with Gasteiger partial charge in [-0.25, -0.2) is 0 Å². The van der Waals surface area contributed by atoms with Crippen molar-refractivity contribution in [1.29, 1.82) is 0 Å². The molecule has 0 aliphatic carbocycles. The van der Waals surface area contributed by atoms with Gasteiger partial charge >= 0.3 is 0 Å². The normalized spacial score (nSPS) is 22.2. The van der Waals surface area contributed by atoms with Gasteiger partial charge in [0.15, 0.2) is 0 Å². The van der Waals surface area contributed by atoms with Gasteiger partial charge in [0, 0.05) is 13.0 Å². The lowest BCUT2D eigenvalue weighted by molar-refractivity contribution is -0.918. The molecule has 1 fully saturated rings. The van der Waals surface area contributed by atoms with Gasteiger partial charge in [-0.1, -0.05) is 0 Å². The quantitative estimate of drug-likeness (QED) is 0.332. The van der Waals surface area contributed by atoms with E-state index in [-0.39, 0.29) is 4.65 Å². The minimum Gasteiger partial charge on any atom is -0.633 e. The van der Waals surface area contributed by atoms with E-state index < -0.39 is 0 Å². The van der Waals surface area contributed by atoms with E-state index >= 15 is 0 Å². The second kappa shape index (κ2) is 3.32. The average Bonchev–Trinajstić information content (AvgIpc) is 1.85. The summed E-state index contributed by atoms with van der Waals surface area (Å²) in [7, 11) is 0. The van der Waals surface area contributed by atoms with Crippen molar-refractivity contribution in [2.45, 2.75) is 13.3 Å². The van der Waals surface area contributed by atoms with Crippen molar-refractivity contribution >= 4 is 0 Å². The highest BCUT2D eigenvalue weighted by molar-refractivity contribution is 4.54. The van der Waals surface area contributed by atoms with Crippen LogP contribution in [0.5, 0.6) is 0 Å². The Morgan fingerprint density at radius 3 is 2.60 bits per heavy atom. The molecule has 1 aliphatic rings. The molecule has 0 radical (unpaired) electrons. The molecule has 0 aromatic carbocycles. The second-order valence-electron chi connectivity index (χ2n) is 2.78. The molecule has 0 bridgehead atoms. The van der Waals surface area contributed by atoms with Crippen LogP contribution in [0.15, 0.2) is 0 Å². The van der Waals surface area contributed by atoms with Crippen LogP contribution in [0.4, 0.5) is 0 Å². The predicted molar refractivity (Wildman–Crippen MR) is 39.3 cm³/mol. The van der Waals surface area contributed by atoms with Gasteiger partial charge in [-0.2, -0.15) is 0 Å². The van der Waals surface area contributed by atoms with Gasteiger partial charge in [-0.15, -0.1) is 0 Å². The highest BCUT2D eigenvalue weighted by Crippen LogP contribution is 2.16. The molecule has 0 N–H and O–H groups in total. The molecular weight excluding hydrogens is 130 g/mol. The lowest BCUT2D eigenvalue weighted by atomic mass is 10.2. The maximum absolute atomic E-state index is 11.3. The number of hydroxylamine groups is 3. The molecule has 1 rings (SSSR count). The summed E-state index contributed by atoms with van der Waals surface area (Å²) in [6.45, 7) is 5.54. The number of rotatable bonds is 4. The van der Waals surface area contributed by atoms with Crippen LogP contribution in [0.3, 0.4) is 0 Å². The van der Waals surface area contributed by atoms with Crippen LogP contribution in [0, 0.1) is 5.21 Å². The van der Waals surface area contributed by atoms with Gasteiger partial charge in [0.25, 0.3) is 0 Å². The van der Waals surface area contributed by atoms with E-state index in [1.165, 1.54) is 0 Å². The fourth-order valence-corrected chi connectivity index (χ4v) is 1.11. The van der Waals surface area contributed by atoms with Gasteiger partial charge < -0.3 is 14.6 Å². The molecule has 0 saturated carbocycles. The predicted octanol–water partition coefficient (Wildman–Crippen LogP) is 0.741. The summed E-state index contributed by atoms with van der Waals surface area (Å²) in [6, 6.07) is 0. The van der Waals surface area contributed by atoms with Crippen LogP contribution in [0.1, 0.15) is 13.3 Å². The number of nitrogens with zero attached hydrogens (tertiary/aromatic N) is 1. The second-order valence-corrected chi connectivity index (χ2v) is 2.78. The Hall–Kier alpha value is -0.120.